The van der Waals surface area contributed by atoms with Crippen LogP contribution in [0.15, 0.2) is 53.9 Å². The number of aromatic amines is 1. The van der Waals surface area contributed by atoms with E-state index < -0.39 is 0 Å². The summed E-state index contributed by atoms with van der Waals surface area (Å²) in [6, 6.07) is 15.0. The second-order valence-electron chi connectivity index (χ2n) is 8.84. The predicted molar refractivity (Wildman–Crippen MR) is 140 cm³/mol. The van der Waals surface area contributed by atoms with Crippen molar-refractivity contribution in [3.05, 3.63) is 75.5 Å². The number of hydrogen-bond acceptors (Lipinski definition) is 6. The van der Waals surface area contributed by atoms with Crippen molar-refractivity contribution in [1.29, 1.82) is 0 Å². The maximum Gasteiger partial charge on any atom is 0.256 e. The Balaban J connectivity index is 1.30. The molecule has 1 fully saturated rings. The van der Waals surface area contributed by atoms with E-state index in [0.29, 0.717) is 28.9 Å². The van der Waals surface area contributed by atoms with Crippen LogP contribution in [0.5, 0.6) is 0 Å². The Bertz CT molecular complexity index is 1360. The molecule has 9 heteroatoms. The quantitative estimate of drug-likeness (QED) is 0.383. The van der Waals surface area contributed by atoms with Crippen molar-refractivity contribution in [1.82, 2.24) is 20.4 Å². The van der Waals surface area contributed by atoms with E-state index in [-0.39, 0.29) is 11.8 Å². The van der Waals surface area contributed by atoms with Crippen LogP contribution in [0, 0.1) is 6.92 Å². The summed E-state index contributed by atoms with van der Waals surface area (Å²) < 4.78 is 0. The number of likely N-dealkylation sites (N-methyl/N-ethyl adjacent to an activating group) is 1. The molecule has 0 aliphatic carbocycles. The lowest BCUT2D eigenvalue weighted by Crippen LogP contribution is -2.44. The number of nitrogens with zero attached hydrogens (tertiary/aromatic N) is 3. The van der Waals surface area contributed by atoms with Gasteiger partial charge in [-0.3, -0.25) is 14.7 Å². The van der Waals surface area contributed by atoms with Gasteiger partial charge in [-0.05, 0) is 67.4 Å². The molecule has 8 nitrogen and oxygen atoms in total. The number of carbonyl (C=O) groups is 2. The summed E-state index contributed by atoms with van der Waals surface area (Å²) in [4.78, 5) is 31.4. The number of carbonyl (C=O) groups excluding carboxylic acids is 2. The van der Waals surface area contributed by atoms with Gasteiger partial charge in [0.25, 0.3) is 11.8 Å². The van der Waals surface area contributed by atoms with Gasteiger partial charge in [0.15, 0.2) is 5.82 Å². The highest BCUT2D eigenvalue weighted by Crippen LogP contribution is 2.25. The highest BCUT2D eigenvalue weighted by molar-refractivity contribution is 7.09. The number of amides is 2. The Hall–Kier alpha value is -3.69. The molecule has 5 rings (SSSR count). The molecule has 1 saturated heterocycles. The third kappa shape index (κ3) is 5.06. The zero-order chi connectivity index (χ0) is 24.4. The summed E-state index contributed by atoms with van der Waals surface area (Å²) in [7, 11) is 2.14. The Kier molecular flexibility index (Phi) is 6.52. The van der Waals surface area contributed by atoms with Crippen LogP contribution in [0.4, 0.5) is 11.5 Å². The molecule has 180 valence electrons. The van der Waals surface area contributed by atoms with Crippen LogP contribution in [0.1, 0.15) is 31.2 Å². The van der Waals surface area contributed by atoms with E-state index in [0.717, 1.165) is 47.8 Å². The number of rotatable bonds is 6. The first-order chi connectivity index (χ1) is 17.0. The van der Waals surface area contributed by atoms with E-state index in [2.05, 4.69) is 37.7 Å². The van der Waals surface area contributed by atoms with Gasteiger partial charge in [0.1, 0.15) is 0 Å². The predicted octanol–water partition coefficient (Wildman–Crippen LogP) is 3.87. The molecule has 0 unspecified atom stereocenters. The first-order valence-electron chi connectivity index (χ1n) is 11.6. The van der Waals surface area contributed by atoms with Crippen LogP contribution < -0.4 is 15.5 Å². The summed E-state index contributed by atoms with van der Waals surface area (Å²) in [6.07, 6.45) is 0. The van der Waals surface area contributed by atoms with Crippen LogP contribution >= 0.6 is 11.3 Å². The molecule has 0 bridgehead atoms. The lowest BCUT2D eigenvalue weighted by Gasteiger charge is -2.35. The van der Waals surface area contributed by atoms with Crippen LogP contribution in [0.25, 0.3) is 10.9 Å². The van der Waals surface area contributed by atoms with E-state index >= 15 is 0 Å². The fourth-order valence-electron chi connectivity index (χ4n) is 4.31. The lowest BCUT2D eigenvalue weighted by molar-refractivity contribution is 0.0950. The van der Waals surface area contributed by atoms with Crippen molar-refractivity contribution in [2.75, 3.05) is 43.4 Å². The van der Waals surface area contributed by atoms with Gasteiger partial charge in [-0.25, -0.2) is 0 Å². The third-order valence-corrected chi connectivity index (χ3v) is 7.24. The molecule has 0 radical (unpaired) electrons. The van der Waals surface area contributed by atoms with E-state index in [4.69, 9.17) is 0 Å². The number of hydrogen-bond donors (Lipinski definition) is 3. The van der Waals surface area contributed by atoms with Crippen molar-refractivity contribution in [3.8, 4) is 0 Å². The van der Waals surface area contributed by atoms with E-state index in [1.165, 1.54) is 0 Å². The number of piperazine rings is 1. The van der Waals surface area contributed by atoms with E-state index in [1.54, 1.807) is 29.5 Å². The molecule has 0 spiro atoms. The Labute approximate surface area is 207 Å². The van der Waals surface area contributed by atoms with Crippen LogP contribution in [-0.4, -0.2) is 60.1 Å². The van der Waals surface area contributed by atoms with Gasteiger partial charge in [0.2, 0.25) is 0 Å². The van der Waals surface area contributed by atoms with E-state index in [1.807, 2.05) is 42.6 Å². The van der Waals surface area contributed by atoms with Gasteiger partial charge in [-0.2, -0.15) is 5.10 Å². The van der Waals surface area contributed by atoms with Gasteiger partial charge in [0.05, 0.1) is 12.1 Å². The first kappa shape index (κ1) is 23.1. The average Bonchev–Trinajstić information content (AvgIpc) is 3.53. The number of aromatic nitrogens is 2. The van der Waals surface area contributed by atoms with Gasteiger partial charge < -0.3 is 20.4 Å². The van der Waals surface area contributed by atoms with Gasteiger partial charge in [0, 0.05) is 53.3 Å². The fourth-order valence-corrected chi connectivity index (χ4v) is 4.96. The number of thiophene rings is 1. The largest absolute Gasteiger partial charge is 0.369 e. The standard InChI is InChI=1S/C26H28N6O2S/c1-17-14-18(6-8-23(17)32-11-9-31(2)10-12-32)26(34)28-24-21-15-19(5-7-22(21)29-30-24)25(33)27-16-20-4-3-13-35-20/h3-8,13-15H,9-12,16H2,1-2H3,(H,27,33)(H2,28,29,30,34). The van der Waals surface area contributed by atoms with Crippen molar-refractivity contribution in [2.45, 2.75) is 13.5 Å². The third-order valence-electron chi connectivity index (χ3n) is 6.36. The molecule has 2 aromatic heterocycles. The lowest BCUT2D eigenvalue weighted by atomic mass is 10.1. The summed E-state index contributed by atoms with van der Waals surface area (Å²) >= 11 is 1.60. The molecule has 4 aromatic rings. The second kappa shape index (κ2) is 9.89. The van der Waals surface area contributed by atoms with Gasteiger partial charge >= 0.3 is 0 Å². The maximum atomic E-state index is 13.0. The molecular weight excluding hydrogens is 460 g/mol. The summed E-state index contributed by atoms with van der Waals surface area (Å²) in [5, 5.41) is 15.7. The number of H-pyrrole nitrogens is 1. The summed E-state index contributed by atoms with van der Waals surface area (Å²) in [5.41, 5.74) is 4.06. The summed E-state index contributed by atoms with van der Waals surface area (Å²) in [5.74, 6) is -0.00780. The number of anilines is 2. The van der Waals surface area contributed by atoms with Gasteiger partial charge in [-0.1, -0.05) is 6.07 Å². The Morgan fingerprint density at radius 1 is 1.03 bits per heavy atom. The normalized spacial score (nSPS) is 14.3. The van der Waals surface area contributed by atoms with Crippen LogP contribution in [0.2, 0.25) is 0 Å². The molecule has 0 saturated carbocycles. The highest BCUT2D eigenvalue weighted by Gasteiger charge is 2.18. The molecule has 35 heavy (non-hydrogen) atoms. The molecule has 3 N–H and O–H groups in total. The van der Waals surface area contributed by atoms with Gasteiger partial charge in [-0.15, -0.1) is 11.3 Å². The van der Waals surface area contributed by atoms with Crippen LogP contribution in [0.3, 0.4) is 0 Å². The minimum Gasteiger partial charge on any atom is -0.369 e. The minimum atomic E-state index is -0.237. The van der Waals surface area contributed by atoms with Crippen molar-refractivity contribution < 1.29 is 9.59 Å². The SMILES string of the molecule is Cc1cc(C(=O)Nc2n[nH]c3ccc(C(=O)NCc4cccs4)cc23)ccc1N1CCN(C)CC1. The molecule has 2 aromatic carbocycles. The highest BCUT2D eigenvalue weighted by atomic mass is 32.1. The Morgan fingerprint density at radius 2 is 1.80 bits per heavy atom. The topological polar surface area (TPSA) is 93.4 Å². The molecule has 1 aliphatic heterocycles. The zero-order valence-electron chi connectivity index (χ0n) is 19.8. The molecule has 3 heterocycles. The number of aryl methyl sites for hydroxylation is 1. The van der Waals surface area contributed by atoms with Crippen molar-refractivity contribution >= 4 is 45.6 Å². The molecule has 2 amide bonds. The fraction of sp³-hybridized carbons (Fsp3) is 0.269. The zero-order valence-corrected chi connectivity index (χ0v) is 20.6. The number of fused-ring (bicyclic) bond motifs is 1. The average molecular weight is 489 g/mol. The van der Waals surface area contributed by atoms with Crippen LogP contribution in [-0.2, 0) is 6.54 Å². The Morgan fingerprint density at radius 3 is 2.54 bits per heavy atom. The minimum absolute atomic E-state index is 0.172. The smallest absolute Gasteiger partial charge is 0.256 e. The van der Waals surface area contributed by atoms with Crippen molar-refractivity contribution in [3.63, 3.8) is 0 Å². The van der Waals surface area contributed by atoms with Crippen molar-refractivity contribution in [2.24, 2.45) is 0 Å². The van der Waals surface area contributed by atoms with E-state index in [9.17, 15) is 9.59 Å². The monoisotopic (exact) mass is 488 g/mol. The first-order valence-corrected chi connectivity index (χ1v) is 12.5. The molecular formula is C26H28N6O2S. The number of benzene rings is 2. The molecule has 1 aliphatic rings. The second-order valence-corrected chi connectivity index (χ2v) is 9.87. The number of nitrogens with one attached hydrogen (secondary N) is 3. The molecule has 0 atom stereocenters. The summed E-state index contributed by atoms with van der Waals surface area (Å²) in [6.45, 7) is 6.53. The maximum absolute atomic E-state index is 13.0.